The van der Waals surface area contributed by atoms with Crippen LogP contribution in [-0.4, -0.2) is 41.1 Å². The van der Waals surface area contributed by atoms with Gasteiger partial charge in [0.05, 0.1) is 11.9 Å². The Labute approximate surface area is 162 Å². The van der Waals surface area contributed by atoms with Gasteiger partial charge in [-0.25, -0.2) is 0 Å². The number of amides is 1. The van der Waals surface area contributed by atoms with E-state index >= 15 is 0 Å². The Morgan fingerprint density at radius 3 is 2.63 bits per heavy atom. The van der Waals surface area contributed by atoms with Crippen molar-refractivity contribution in [3.63, 3.8) is 0 Å². The molecule has 0 saturated carbocycles. The number of carbonyl (C=O) groups is 1. The molecule has 0 unspecified atom stereocenters. The average molecular weight is 379 g/mol. The number of hydrogen-bond acceptors (Lipinski definition) is 5. The molecule has 6 heteroatoms. The Bertz CT molecular complexity index is 927. The van der Waals surface area contributed by atoms with E-state index in [9.17, 15) is 4.79 Å². The molecule has 1 N–H and O–H groups in total. The summed E-state index contributed by atoms with van der Waals surface area (Å²) in [7, 11) is 0. The highest BCUT2D eigenvalue weighted by Crippen LogP contribution is 2.31. The number of fused-ring (bicyclic) bond motifs is 1. The lowest BCUT2D eigenvalue weighted by molar-refractivity contribution is -0.119. The molecule has 2 heterocycles. The highest BCUT2D eigenvalue weighted by atomic mass is 32.2. The predicted octanol–water partition coefficient (Wildman–Crippen LogP) is 3.68. The fourth-order valence-corrected chi connectivity index (χ4v) is 4.02. The fraction of sp³-hybridized carbons (Fsp3) is 0.286. The zero-order valence-electron chi connectivity index (χ0n) is 14.9. The Kier molecular flexibility index (Phi) is 5.65. The highest BCUT2D eigenvalue weighted by Gasteiger charge is 2.17. The number of aromatic nitrogens is 2. The first kappa shape index (κ1) is 17.9. The van der Waals surface area contributed by atoms with Crippen LogP contribution in [-0.2, 0) is 9.53 Å². The van der Waals surface area contributed by atoms with E-state index in [1.807, 2.05) is 54.6 Å². The second-order valence-electron chi connectivity index (χ2n) is 6.49. The van der Waals surface area contributed by atoms with Crippen LogP contribution in [0.25, 0.3) is 22.0 Å². The third-order valence-electron chi connectivity index (χ3n) is 4.59. The minimum absolute atomic E-state index is 0.00600. The molecular weight excluding hydrogens is 358 g/mol. The molecule has 1 aliphatic heterocycles. The molecule has 4 rings (SSSR count). The summed E-state index contributed by atoms with van der Waals surface area (Å²) in [5.41, 5.74) is 1.89. The van der Waals surface area contributed by atoms with Crippen LogP contribution in [0.3, 0.4) is 0 Å². The highest BCUT2D eigenvalue weighted by molar-refractivity contribution is 8.00. The van der Waals surface area contributed by atoms with Gasteiger partial charge in [-0.1, -0.05) is 66.4 Å². The molecule has 0 bridgehead atoms. The molecule has 27 heavy (non-hydrogen) atoms. The zero-order valence-corrected chi connectivity index (χ0v) is 15.7. The van der Waals surface area contributed by atoms with Gasteiger partial charge in [0.25, 0.3) is 0 Å². The van der Waals surface area contributed by atoms with Gasteiger partial charge in [-0.15, -0.1) is 10.2 Å². The number of nitrogens with one attached hydrogen (secondary N) is 1. The predicted molar refractivity (Wildman–Crippen MR) is 108 cm³/mol. The maximum atomic E-state index is 12.2. The molecule has 1 saturated heterocycles. The van der Waals surface area contributed by atoms with E-state index in [0.29, 0.717) is 12.3 Å². The quantitative estimate of drug-likeness (QED) is 0.662. The maximum absolute atomic E-state index is 12.2. The van der Waals surface area contributed by atoms with Crippen molar-refractivity contribution < 1.29 is 9.53 Å². The molecule has 2 aromatic carbocycles. The molecule has 1 fully saturated rings. The molecule has 1 atom stereocenters. The normalized spacial score (nSPS) is 16.5. The van der Waals surface area contributed by atoms with Crippen molar-refractivity contribution in [2.45, 2.75) is 24.0 Å². The smallest absolute Gasteiger partial charge is 0.230 e. The van der Waals surface area contributed by atoms with Gasteiger partial charge in [-0.2, -0.15) is 0 Å². The monoisotopic (exact) mass is 379 g/mol. The van der Waals surface area contributed by atoms with Gasteiger partial charge in [-0.05, 0) is 12.8 Å². The first-order valence-electron chi connectivity index (χ1n) is 9.13. The van der Waals surface area contributed by atoms with Crippen LogP contribution in [0.1, 0.15) is 12.8 Å². The van der Waals surface area contributed by atoms with E-state index in [1.54, 1.807) is 0 Å². The van der Waals surface area contributed by atoms with E-state index in [-0.39, 0.29) is 12.0 Å². The fourth-order valence-electron chi connectivity index (χ4n) is 3.21. The minimum atomic E-state index is -0.00600. The summed E-state index contributed by atoms with van der Waals surface area (Å²) in [4.78, 5) is 12.2. The van der Waals surface area contributed by atoms with Gasteiger partial charge < -0.3 is 10.1 Å². The topological polar surface area (TPSA) is 64.1 Å². The average Bonchev–Trinajstić information content (AvgIpc) is 3.25. The summed E-state index contributed by atoms with van der Waals surface area (Å²) in [5.74, 6) is 0.310. The summed E-state index contributed by atoms with van der Waals surface area (Å²) in [5, 5.41) is 14.6. The number of ether oxygens (including phenoxy) is 1. The van der Waals surface area contributed by atoms with Crippen LogP contribution >= 0.6 is 11.8 Å². The number of thioether (sulfide) groups is 1. The van der Waals surface area contributed by atoms with Gasteiger partial charge in [0.2, 0.25) is 5.91 Å². The van der Waals surface area contributed by atoms with E-state index < -0.39 is 0 Å². The first-order valence-corrected chi connectivity index (χ1v) is 10.1. The van der Waals surface area contributed by atoms with Crippen molar-refractivity contribution >= 4 is 28.4 Å². The van der Waals surface area contributed by atoms with Crippen molar-refractivity contribution in [2.24, 2.45) is 0 Å². The number of hydrogen-bond donors (Lipinski definition) is 1. The van der Waals surface area contributed by atoms with Crippen molar-refractivity contribution in [2.75, 3.05) is 18.9 Å². The summed E-state index contributed by atoms with van der Waals surface area (Å²) < 4.78 is 5.54. The van der Waals surface area contributed by atoms with Crippen molar-refractivity contribution in [1.29, 1.82) is 0 Å². The Hall–Kier alpha value is -2.44. The molecule has 5 nitrogen and oxygen atoms in total. The van der Waals surface area contributed by atoms with E-state index in [2.05, 4.69) is 15.5 Å². The molecule has 138 valence electrons. The molecule has 0 spiro atoms. The number of rotatable bonds is 6. The maximum Gasteiger partial charge on any atom is 0.230 e. The summed E-state index contributed by atoms with van der Waals surface area (Å²) in [6.07, 6.45) is 2.25. The molecule has 1 amide bonds. The van der Waals surface area contributed by atoms with Crippen LogP contribution in [0.15, 0.2) is 59.6 Å². The van der Waals surface area contributed by atoms with Crippen molar-refractivity contribution in [1.82, 2.24) is 15.5 Å². The second kappa shape index (κ2) is 8.50. The van der Waals surface area contributed by atoms with Gasteiger partial charge in [0.1, 0.15) is 10.7 Å². The molecule has 3 aromatic rings. The zero-order chi connectivity index (χ0) is 18.5. The van der Waals surface area contributed by atoms with Gasteiger partial charge >= 0.3 is 0 Å². The Morgan fingerprint density at radius 1 is 1.07 bits per heavy atom. The largest absolute Gasteiger partial charge is 0.376 e. The third-order valence-corrected chi connectivity index (χ3v) is 5.57. The Morgan fingerprint density at radius 2 is 1.85 bits per heavy atom. The van der Waals surface area contributed by atoms with Crippen LogP contribution in [0.4, 0.5) is 0 Å². The van der Waals surface area contributed by atoms with Gasteiger partial charge in [0.15, 0.2) is 0 Å². The lowest BCUT2D eigenvalue weighted by atomic mass is 10.1. The minimum Gasteiger partial charge on any atom is -0.376 e. The number of nitrogens with zero attached hydrogens (tertiary/aromatic N) is 2. The summed E-state index contributed by atoms with van der Waals surface area (Å²) >= 11 is 1.42. The lowest BCUT2D eigenvalue weighted by Crippen LogP contribution is -2.32. The molecule has 0 radical (unpaired) electrons. The summed E-state index contributed by atoms with van der Waals surface area (Å²) in [6, 6.07) is 18.1. The summed E-state index contributed by atoms with van der Waals surface area (Å²) in [6.45, 7) is 1.38. The van der Waals surface area contributed by atoms with Gasteiger partial charge in [-0.3, -0.25) is 4.79 Å². The molecule has 1 aromatic heterocycles. The van der Waals surface area contributed by atoms with Crippen LogP contribution in [0.2, 0.25) is 0 Å². The third kappa shape index (κ3) is 4.28. The SMILES string of the molecule is O=C(CSc1nnc(-c2ccccc2)c2ccccc12)NC[C@H]1CCCO1. The van der Waals surface area contributed by atoms with Crippen LogP contribution in [0, 0.1) is 0 Å². The van der Waals surface area contributed by atoms with Crippen molar-refractivity contribution in [3.05, 3.63) is 54.6 Å². The van der Waals surface area contributed by atoms with E-state index in [0.717, 1.165) is 46.5 Å². The molecule has 0 aliphatic carbocycles. The first-order chi connectivity index (χ1) is 13.3. The lowest BCUT2D eigenvalue weighted by Gasteiger charge is -2.11. The Balaban J connectivity index is 1.48. The second-order valence-corrected chi connectivity index (χ2v) is 7.46. The van der Waals surface area contributed by atoms with E-state index in [4.69, 9.17) is 4.74 Å². The number of benzene rings is 2. The van der Waals surface area contributed by atoms with E-state index in [1.165, 1.54) is 11.8 Å². The molecule has 1 aliphatic rings. The van der Waals surface area contributed by atoms with Crippen LogP contribution < -0.4 is 5.32 Å². The number of carbonyl (C=O) groups excluding carboxylic acids is 1. The van der Waals surface area contributed by atoms with Gasteiger partial charge in [0, 0.05) is 29.5 Å². The standard InChI is InChI=1S/C21H21N3O2S/c25-19(22-13-16-9-6-12-26-16)14-27-21-18-11-5-4-10-17(18)20(23-24-21)15-7-2-1-3-8-15/h1-5,7-8,10-11,16H,6,9,12-14H2,(H,22,25)/t16-/m1/s1. The van der Waals surface area contributed by atoms with Crippen LogP contribution in [0.5, 0.6) is 0 Å². The molecular formula is C21H21N3O2S. The van der Waals surface area contributed by atoms with Crippen molar-refractivity contribution in [3.8, 4) is 11.3 Å².